The molecule has 0 saturated heterocycles. The molecule has 0 fully saturated rings. The number of nitrogens with one attached hydrogen (secondary N) is 1. The largest absolute Gasteiger partial charge is 0.396 e. The molecule has 0 bridgehead atoms. The van der Waals surface area contributed by atoms with Crippen molar-refractivity contribution in [3.8, 4) is 11.1 Å². The van der Waals surface area contributed by atoms with Gasteiger partial charge in [-0.15, -0.1) is 0 Å². The Hall–Kier alpha value is -3.37. The Bertz CT molecular complexity index is 1130. The Kier molecular flexibility index (Phi) is 6.26. The highest BCUT2D eigenvalue weighted by molar-refractivity contribution is 5.96. The molecule has 0 aliphatic rings. The number of benzene rings is 3. The van der Waals surface area contributed by atoms with Crippen LogP contribution in [0.2, 0.25) is 0 Å². The van der Waals surface area contributed by atoms with Gasteiger partial charge in [0.05, 0.1) is 0 Å². The van der Waals surface area contributed by atoms with Crippen LogP contribution >= 0.6 is 0 Å². The molecule has 1 heterocycles. The number of rotatable bonds is 8. The number of hydrogen-bond donors (Lipinski definition) is 2. The van der Waals surface area contributed by atoms with Crippen molar-refractivity contribution in [2.45, 2.75) is 19.4 Å². The molecule has 0 radical (unpaired) electrons. The zero-order valence-corrected chi connectivity index (χ0v) is 16.9. The second kappa shape index (κ2) is 9.42. The fraction of sp³-hybridized carbons (Fsp3) is 0.192. The van der Waals surface area contributed by atoms with Crippen molar-refractivity contribution in [1.29, 1.82) is 0 Å². The van der Waals surface area contributed by atoms with E-state index in [1.165, 1.54) is 16.5 Å². The second-order valence-corrected chi connectivity index (χ2v) is 7.47. The lowest BCUT2D eigenvalue weighted by molar-refractivity contribution is 0.0952. The van der Waals surface area contributed by atoms with Gasteiger partial charge in [-0.05, 0) is 59.9 Å². The highest BCUT2D eigenvalue weighted by Gasteiger charge is 2.08. The van der Waals surface area contributed by atoms with Crippen molar-refractivity contribution in [3.63, 3.8) is 0 Å². The molecule has 3 aromatic carbocycles. The molecule has 0 spiro atoms. The lowest BCUT2D eigenvalue weighted by atomic mass is 10.0. The van der Waals surface area contributed by atoms with E-state index >= 15 is 0 Å². The Morgan fingerprint density at radius 2 is 1.70 bits per heavy atom. The Balaban J connectivity index is 1.53. The van der Waals surface area contributed by atoms with Gasteiger partial charge >= 0.3 is 0 Å². The Labute approximate surface area is 176 Å². The Morgan fingerprint density at radius 1 is 0.867 bits per heavy atom. The van der Waals surface area contributed by atoms with Gasteiger partial charge in [0.2, 0.25) is 0 Å². The number of unbranched alkanes of at least 4 members (excludes halogenated alkanes) is 1. The first-order valence-corrected chi connectivity index (χ1v) is 10.4. The van der Waals surface area contributed by atoms with E-state index in [1.807, 2.05) is 30.3 Å². The van der Waals surface area contributed by atoms with Crippen molar-refractivity contribution >= 4 is 16.8 Å². The lowest BCUT2D eigenvalue weighted by Gasteiger charge is -2.09. The maximum absolute atomic E-state index is 12.4. The minimum absolute atomic E-state index is 0.0788. The zero-order valence-electron chi connectivity index (χ0n) is 16.9. The molecule has 2 N–H and O–H groups in total. The summed E-state index contributed by atoms with van der Waals surface area (Å²) in [5.41, 5.74) is 5.24. The average molecular weight is 399 g/mol. The third-order valence-corrected chi connectivity index (χ3v) is 5.30. The van der Waals surface area contributed by atoms with Crippen LogP contribution in [-0.2, 0) is 6.54 Å². The van der Waals surface area contributed by atoms with E-state index in [9.17, 15) is 4.79 Å². The first-order chi connectivity index (χ1) is 14.7. The van der Waals surface area contributed by atoms with Crippen LogP contribution < -0.4 is 5.32 Å². The van der Waals surface area contributed by atoms with Gasteiger partial charge in [-0.2, -0.15) is 0 Å². The molecule has 4 aromatic rings. The molecule has 152 valence electrons. The number of hydrogen-bond acceptors (Lipinski definition) is 2. The number of carbonyl (C=O) groups is 1. The summed E-state index contributed by atoms with van der Waals surface area (Å²) in [5.74, 6) is -0.0788. The van der Waals surface area contributed by atoms with Crippen molar-refractivity contribution in [2.75, 3.05) is 13.2 Å². The fourth-order valence-electron chi connectivity index (χ4n) is 3.68. The van der Waals surface area contributed by atoms with Crippen LogP contribution in [0.3, 0.4) is 0 Å². The number of carbonyl (C=O) groups excluding carboxylic acids is 1. The normalized spacial score (nSPS) is 11.0. The molecule has 4 rings (SSSR count). The summed E-state index contributed by atoms with van der Waals surface area (Å²) < 4.78 is 2.25. The van der Waals surface area contributed by atoms with Crippen LogP contribution in [0.5, 0.6) is 0 Å². The fourth-order valence-corrected chi connectivity index (χ4v) is 3.68. The number of fused-ring (bicyclic) bond motifs is 1. The quantitative estimate of drug-likeness (QED) is 0.417. The number of aliphatic hydroxyl groups excluding tert-OH is 1. The second-order valence-electron chi connectivity index (χ2n) is 7.47. The number of aliphatic hydroxyl groups is 1. The third-order valence-electron chi connectivity index (χ3n) is 5.30. The third kappa shape index (κ3) is 4.61. The van der Waals surface area contributed by atoms with E-state index in [2.05, 4.69) is 64.6 Å². The predicted octanol–water partition coefficient (Wildman–Crippen LogP) is 4.86. The summed E-state index contributed by atoms with van der Waals surface area (Å²) in [6.45, 7) is 1.57. The highest BCUT2D eigenvalue weighted by atomic mass is 16.2. The van der Waals surface area contributed by atoms with E-state index in [-0.39, 0.29) is 12.5 Å². The van der Waals surface area contributed by atoms with Gasteiger partial charge in [0.1, 0.15) is 0 Å². The van der Waals surface area contributed by atoms with Gasteiger partial charge < -0.3 is 15.0 Å². The molecule has 0 aliphatic carbocycles. The monoisotopic (exact) mass is 398 g/mol. The van der Waals surface area contributed by atoms with E-state index in [1.54, 1.807) is 0 Å². The van der Waals surface area contributed by atoms with Gasteiger partial charge in [0.25, 0.3) is 5.91 Å². The minimum atomic E-state index is -0.0788. The lowest BCUT2D eigenvalue weighted by Crippen LogP contribution is -2.24. The average Bonchev–Trinajstić information content (AvgIpc) is 3.19. The highest BCUT2D eigenvalue weighted by Crippen LogP contribution is 2.26. The summed E-state index contributed by atoms with van der Waals surface area (Å²) in [6, 6.07) is 26.7. The summed E-state index contributed by atoms with van der Waals surface area (Å²) in [5, 5.41) is 12.9. The molecule has 4 heteroatoms. The SMILES string of the molecule is O=C(NCCCCO)c1cccc(-c2ccc3c(ccn3Cc3ccccc3)c2)c1. The van der Waals surface area contributed by atoms with Crippen LogP contribution in [0, 0.1) is 0 Å². The molecule has 1 aromatic heterocycles. The number of amides is 1. The summed E-state index contributed by atoms with van der Waals surface area (Å²) >= 11 is 0. The van der Waals surface area contributed by atoms with Gasteiger partial charge in [-0.1, -0.05) is 48.5 Å². The van der Waals surface area contributed by atoms with E-state index < -0.39 is 0 Å². The first kappa shape index (κ1) is 19.9. The standard InChI is InChI=1S/C26H26N2O2/c29-16-5-4-14-27-26(30)24-10-6-9-21(18-24)22-11-12-25-23(17-22)13-15-28(25)19-20-7-2-1-3-8-20/h1-3,6-13,15,17-18,29H,4-5,14,16,19H2,(H,27,30). The first-order valence-electron chi connectivity index (χ1n) is 10.4. The molecule has 1 amide bonds. The molecule has 30 heavy (non-hydrogen) atoms. The molecule has 0 aliphatic heterocycles. The molecule has 0 atom stereocenters. The molecular formula is C26H26N2O2. The minimum Gasteiger partial charge on any atom is -0.396 e. The van der Waals surface area contributed by atoms with E-state index in [0.29, 0.717) is 18.5 Å². The van der Waals surface area contributed by atoms with Crippen LogP contribution in [0.15, 0.2) is 85.1 Å². The van der Waals surface area contributed by atoms with Crippen molar-refractivity contribution < 1.29 is 9.90 Å². The maximum Gasteiger partial charge on any atom is 0.251 e. The molecule has 4 nitrogen and oxygen atoms in total. The van der Waals surface area contributed by atoms with Crippen molar-refractivity contribution in [1.82, 2.24) is 9.88 Å². The van der Waals surface area contributed by atoms with Gasteiger partial charge in [0, 0.05) is 42.4 Å². The predicted molar refractivity (Wildman–Crippen MR) is 122 cm³/mol. The van der Waals surface area contributed by atoms with Crippen molar-refractivity contribution in [2.24, 2.45) is 0 Å². The van der Waals surface area contributed by atoms with Gasteiger partial charge in [-0.3, -0.25) is 4.79 Å². The topological polar surface area (TPSA) is 54.3 Å². The van der Waals surface area contributed by atoms with Crippen LogP contribution in [-0.4, -0.2) is 28.7 Å². The maximum atomic E-state index is 12.4. The zero-order chi connectivity index (χ0) is 20.8. The Morgan fingerprint density at radius 3 is 2.53 bits per heavy atom. The summed E-state index contributed by atoms with van der Waals surface area (Å²) in [7, 11) is 0. The van der Waals surface area contributed by atoms with Crippen molar-refractivity contribution in [3.05, 3.63) is 96.2 Å². The van der Waals surface area contributed by atoms with Gasteiger partial charge in [-0.25, -0.2) is 0 Å². The van der Waals surface area contributed by atoms with E-state index in [0.717, 1.165) is 24.1 Å². The van der Waals surface area contributed by atoms with E-state index in [4.69, 9.17) is 5.11 Å². The molecule has 0 saturated carbocycles. The number of aromatic nitrogens is 1. The summed E-state index contributed by atoms with van der Waals surface area (Å²) in [6.07, 6.45) is 3.60. The van der Waals surface area contributed by atoms with Crippen LogP contribution in [0.1, 0.15) is 28.8 Å². The van der Waals surface area contributed by atoms with Gasteiger partial charge in [0.15, 0.2) is 0 Å². The number of nitrogens with zero attached hydrogens (tertiary/aromatic N) is 1. The smallest absolute Gasteiger partial charge is 0.251 e. The molecular weight excluding hydrogens is 372 g/mol. The van der Waals surface area contributed by atoms with Crippen LogP contribution in [0.25, 0.3) is 22.0 Å². The van der Waals surface area contributed by atoms with Crippen LogP contribution in [0.4, 0.5) is 0 Å². The molecule has 0 unspecified atom stereocenters. The summed E-state index contributed by atoms with van der Waals surface area (Å²) in [4.78, 5) is 12.4.